The molecule has 0 aromatic heterocycles. The van der Waals surface area contributed by atoms with Crippen molar-refractivity contribution in [1.82, 2.24) is 9.80 Å². The molecule has 6 nitrogen and oxygen atoms in total. The molecule has 0 radical (unpaired) electrons. The Morgan fingerprint density at radius 2 is 2.00 bits per heavy atom. The lowest BCUT2D eigenvalue weighted by molar-refractivity contribution is -0.403. The highest BCUT2D eigenvalue weighted by atomic mass is 32.2. The van der Waals surface area contributed by atoms with Gasteiger partial charge in [-0.05, 0) is 30.7 Å². The zero-order valence-electron chi connectivity index (χ0n) is 11.5. The molecule has 0 aliphatic carbocycles. The van der Waals surface area contributed by atoms with E-state index in [0.29, 0.717) is 9.95 Å². The van der Waals surface area contributed by atoms with E-state index in [0.717, 1.165) is 30.8 Å². The van der Waals surface area contributed by atoms with Crippen LogP contribution in [0.5, 0.6) is 0 Å². The minimum absolute atomic E-state index is 0.0225. The zero-order valence-corrected chi connectivity index (χ0v) is 12.3. The molecule has 20 heavy (non-hydrogen) atoms. The van der Waals surface area contributed by atoms with E-state index >= 15 is 0 Å². The lowest BCUT2D eigenvalue weighted by Crippen LogP contribution is -2.49. The van der Waals surface area contributed by atoms with Crippen molar-refractivity contribution >= 4 is 34.7 Å². The van der Waals surface area contributed by atoms with Gasteiger partial charge in [0.25, 0.3) is 5.91 Å². The second-order valence-corrected chi connectivity index (χ2v) is 6.25. The summed E-state index contributed by atoms with van der Waals surface area (Å²) >= 11 is 1.25. The molecule has 4 amide bonds. The van der Waals surface area contributed by atoms with Crippen LogP contribution in [0.3, 0.4) is 0 Å². The van der Waals surface area contributed by atoms with Crippen molar-refractivity contribution in [1.29, 1.82) is 0 Å². The number of fused-ring (bicyclic) bond motifs is 1. The van der Waals surface area contributed by atoms with Gasteiger partial charge >= 0.3 is 11.9 Å². The van der Waals surface area contributed by atoms with Crippen LogP contribution in [0.15, 0.2) is 11.0 Å². The average Bonchev–Trinajstić information content (AvgIpc) is 3.10. The Bertz CT molecular complexity index is 575. The number of hydrogen-bond acceptors (Lipinski definition) is 4. The molecule has 7 heteroatoms. The zero-order chi connectivity index (χ0) is 14.4. The molecule has 0 bridgehead atoms. The van der Waals surface area contributed by atoms with Gasteiger partial charge in [0.2, 0.25) is 0 Å². The SMILES string of the molecule is CN1C(=O)C2C=C(C(=O)N3CCCC3)SC2=[N+](C)C1=O. The number of carbonyl (C=O) groups excluding carboxylic acids is 3. The minimum atomic E-state index is -0.491. The number of hydrogen-bond donors (Lipinski definition) is 0. The highest BCUT2D eigenvalue weighted by Crippen LogP contribution is 2.36. The molecular formula is C13H16N3O3S+. The molecule has 106 valence electrons. The fraction of sp³-hybridized carbons (Fsp3) is 0.538. The lowest BCUT2D eigenvalue weighted by Gasteiger charge is -2.18. The van der Waals surface area contributed by atoms with Crippen LogP contribution >= 0.6 is 11.8 Å². The third-order valence-electron chi connectivity index (χ3n) is 3.90. The fourth-order valence-electron chi connectivity index (χ4n) is 2.70. The van der Waals surface area contributed by atoms with Crippen molar-refractivity contribution in [3.63, 3.8) is 0 Å². The molecule has 1 fully saturated rings. The van der Waals surface area contributed by atoms with Crippen molar-refractivity contribution in [2.24, 2.45) is 5.92 Å². The summed E-state index contributed by atoms with van der Waals surface area (Å²) in [5.74, 6) is -0.778. The second kappa shape index (κ2) is 4.73. The van der Waals surface area contributed by atoms with Gasteiger partial charge in [0.15, 0.2) is 5.04 Å². The molecule has 0 aromatic rings. The molecule has 0 saturated carbocycles. The average molecular weight is 294 g/mol. The first-order valence-electron chi connectivity index (χ1n) is 6.61. The number of carbonyl (C=O) groups is 3. The molecule has 0 aromatic carbocycles. The normalized spacial score (nSPS) is 26.3. The summed E-state index contributed by atoms with van der Waals surface area (Å²) in [6.07, 6.45) is 3.76. The first-order valence-corrected chi connectivity index (χ1v) is 7.43. The van der Waals surface area contributed by atoms with Crippen LogP contribution in [0.4, 0.5) is 4.79 Å². The maximum Gasteiger partial charge on any atom is 0.500 e. The molecule has 3 heterocycles. The van der Waals surface area contributed by atoms with Gasteiger partial charge in [0.05, 0.1) is 19.0 Å². The summed E-state index contributed by atoms with van der Waals surface area (Å²) in [7, 11) is 3.11. The number of urea groups is 1. The van der Waals surface area contributed by atoms with Crippen LogP contribution in [-0.4, -0.2) is 64.4 Å². The molecule has 1 unspecified atom stereocenters. The van der Waals surface area contributed by atoms with Crippen molar-refractivity contribution < 1.29 is 19.0 Å². The van der Waals surface area contributed by atoms with E-state index in [1.54, 1.807) is 13.1 Å². The number of likely N-dealkylation sites (tertiary alicyclic amines) is 1. The second-order valence-electron chi connectivity index (χ2n) is 5.19. The predicted octanol–water partition coefficient (Wildman–Crippen LogP) is 0.488. The summed E-state index contributed by atoms with van der Waals surface area (Å²) in [6.45, 7) is 1.55. The van der Waals surface area contributed by atoms with Gasteiger partial charge in [-0.2, -0.15) is 14.3 Å². The van der Waals surface area contributed by atoms with Crippen LogP contribution in [0.25, 0.3) is 0 Å². The first kappa shape index (κ1) is 13.4. The van der Waals surface area contributed by atoms with Crippen molar-refractivity contribution in [2.45, 2.75) is 12.8 Å². The van der Waals surface area contributed by atoms with E-state index in [1.807, 2.05) is 4.90 Å². The Labute approximate surface area is 121 Å². The molecule has 1 atom stereocenters. The van der Waals surface area contributed by atoms with E-state index in [2.05, 4.69) is 0 Å². The van der Waals surface area contributed by atoms with E-state index in [1.165, 1.54) is 23.4 Å². The van der Waals surface area contributed by atoms with Gasteiger partial charge in [0.1, 0.15) is 5.92 Å². The van der Waals surface area contributed by atoms with Crippen LogP contribution < -0.4 is 0 Å². The smallest absolute Gasteiger partial charge is 0.338 e. The Hall–Kier alpha value is -1.63. The molecule has 0 spiro atoms. The van der Waals surface area contributed by atoms with Gasteiger partial charge in [-0.15, -0.1) is 0 Å². The Kier molecular flexibility index (Phi) is 3.16. The molecule has 3 aliphatic heterocycles. The molecule has 1 saturated heterocycles. The lowest BCUT2D eigenvalue weighted by atomic mass is 10.1. The third-order valence-corrected chi connectivity index (χ3v) is 5.17. The van der Waals surface area contributed by atoms with Gasteiger partial charge < -0.3 is 4.90 Å². The van der Waals surface area contributed by atoms with Crippen LogP contribution in [0, 0.1) is 5.92 Å². The summed E-state index contributed by atoms with van der Waals surface area (Å²) in [6, 6.07) is -0.350. The standard InChI is InChI=1S/C13H16N3O3S/c1-14-10(17)8-7-9(11(18)16-5-3-4-6-16)20-12(8)15(2)13(14)19/h7-8H,3-6H2,1-2H3/q+1. The highest BCUT2D eigenvalue weighted by Gasteiger charge is 2.48. The van der Waals surface area contributed by atoms with Crippen molar-refractivity contribution in [3.05, 3.63) is 11.0 Å². The van der Waals surface area contributed by atoms with E-state index in [-0.39, 0.29) is 17.8 Å². The van der Waals surface area contributed by atoms with Crippen LogP contribution in [0.2, 0.25) is 0 Å². The number of nitrogens with zero attached hydrogens (tertiary/aromatic N) is 3. The number of imide groups is 1. The first-order chi connectivity index (χ1) is 9.50. The van der Waals surface area contributed by atoms with Gasteiger partial charge in [-0.3, -0.25) is 4.79 Å². The van der Waals surface area contributed by atoms with E-state index in [9.17, 15) is 14.4 Å². The molecule has 0 N–H and O–H groups in total. The highest BCUT2D eigenvalue weighted by molar-refractivity contribution is 8.18. The monoisotopic (exact) mass is 294 g/mol. The quantitative estimate of drug-likeness (QED) is 0.660. The summed E-state index contributed by atoms with van der Waals surface area (Å²) in [4.78, 5) is 39.9. The van der Waals surface area contributed by atoms with E-state index in [4.69, 9.17) is 0 Å². The summed E-state index contributed by atoms with van der Waals surface area (Å²) in [5.41, 5.74) is 0. The van der Waals surface area contributed by atoms with Crippen LogP contribution in [-0.2, 0) is 9.59 Å². The minimum Gasteiger partial charge on any atom is -0.338 e. The van der Waals surface area contributed by atoms with E-state index < -0.39 is 5.92 Å². The number of thioether (sulfide) groups is 1. The molecular weight excluding hydrogens is 278 g/mol. The van der Waals surface area contributed by atoms with Gasteiger partial charge in [0, 0.05) is 13.1 Å². The van der Waals surface area contributed by atoms with Crippen molar-refractivity contribution in [3.8, 4) is 0 Å². The van der Waals surface area contributed by atoms with Crippen LogP contribution in [0.1, 0.15) is 12.8 Å². The van der Waals surface area contributed by atoms with Gasteiger partial charge in [-0.25, -0.2) is 4.79 Å². The number of amides is 4. The Balaban J connectivity index is 1.90. The Morgan fingerprint density at radius 1 is 1.35 bits per heavy atom. The summed E-state index contributed by atoms with van der Waals surface area (Å²) < 4.78 is 1.46. The Morgan fingerprint density at radius 3 is 2.65 bits per heavy atom. The van der Waals surface area contributed by atoms with Crippen molar-refractivity contribution in [2.75, 3.05) is 27.2 Å². The number of rotatable bonds is 1. The molecule has 3 aliphatic rings. The maximum absolute atomic E-state index is 12.4. The topological polar surface area (TPSA) is 60.7 Å². The van der Waals surface area contributed by atoms with Gasteiger partial charge in [-0.1, -0.05) is 0 Å². The summed E-state index contributed by atoms with van der Waals surface area (Å²) in [5, 5.41) is 0.639. The largest absolute Gasteiger partial charge is 0.500 e. The fourth-order valence-corrected chi connectivity index (χ4v) is 3.86. The predicted molar refractivity (Wildman–Crippen MR) is 74.3 cm³/mol. The third kappa shape index (κ3) is 1.88. The maximum atomic E-state index is 12.4. The molecule has 3 rings (SSSR count).